The molecule has 1 fully saturated rings. The van der Waals surface area contributed by atoms with E-state index < -0.39 is 0 Å². The fraction of sp³-hybridized carbons (Fsp3) is 0.769. The first-order valence-corrected chi connectivity index (χ1v) is 7.59. The summed E-state index contributed by atoms with van der Waals surface area (Å²) < 4.78 is 0. The van der Waals surface area contributed by atoms with Gasteiger partial charge in [-0.25, -0.2) is 5.84 Å². The molecule has 118 valence electrons. The Hall–Kier alpha value is -1.67. The van der Waals surface area contributed by atoms with Crippen molar-refractivity contribution in [3.05, 3.63) is 0 Å². The van der Waals surface area contributed by atoms with Gasteiger partial charge in [0.1, 0.15) is 0 Å². The van der Waals surface area contributed by atoms with Crippen LogP contribution in [0.15, 0.2) is 0 Å². The molecule has 0 amide bonds. The van der Waals surface area contributed by atoms with E-state index in [4.69, 9.17) is 5.84 Å². The quantitative estimate of drug-likeness (QED) is 0.494. The van der Waals surface area contributed by atoms with Crippen molar-refractivity contribution in [1.29, 1.82) is 0 Å². The molecule has 0 radical (unpaired) electrons. The molecule has 4 N–H and O–H groups in total. The van der Waals surface area contributed by atoms with Crippen LogP contribution in [0.4, 0.5) is 17.8 Å². The SMILES string of the molecule is CCN(CC)c1nc(NN)nc(NCC2CCCN2C)n1. The molecular formula is C13H26N8. The van der Waals surface area contributed by atoms with Crippen molar-refractivity contribution in [1.82, 2.24) is 19.9 Å². The van der Waals surface area contributed by atoms with E-state index in [0.717, 1.165) is 26.2 Å². The highest BCUT2D eigenvalue weighted by Gasteiger charge is 2.21. The first-order chi connectivity index (χ1) is 10.2. The summed E-state index contributed by atoms with van der Waals surface area (Å²) in [6, 6.07) is 0.535. The van der Waals surface area contributed by atoms with E-state index in [-0.39, 0.29) is 0 Å². The van der Waals surface area contributed by atoms with Crippen LogP contribution in [0, 0.1) is 0 Å². The van der Waals surface area contributed by atoms with Crippen LogP contribution in [-0.2, 0) is 0 Å². The summed E-state index contributed by atoms with van der Waals surface area (Å²) >= 11 is 0. The van der Waals surface area contributed by atoms with Crippen molar-refractivity contribution in [3.8, 4) is 0 Å². The van der Waals surface area contributed by atoms with Crippen molar-refractivity contribution in [2.45, 2.75) is 32.7 Å². The van der Waals surface area contributed by atoms with E-state index in [1.165, 1.54) is 12.8 Å². The number of nitrogen functional groups attached to an aromatic ring is 1. The lowest BCUT2D eigenvalue weighted by Crippen LogP contribution is -2.32. The number of anilines is 3. The maximum Gasteiger partial charge on any atom is 0.243 e. The molecule has 8 nitrogen and oxygen atoms in total. The van der Waals surface area contributed by atoms with E-state index >= 15 is 0 Å². The van der Waals surface area contributed by atoms with Gasteiger partial charge in [0.25, 0.3) is 0 Å². The summed E-state index contributed by atoms with van der Waals surface area (Å²) in [5.41, 5.74) is 2.51. The molecule has 1 unspecified atom stereocenters. The third-order valence-electron chi connectivity index (χ3n) is 3.97. The summed E-state index contributed by atoms with van der Waals surface area (Å²) in [5, 5.41) is 3.31. The lowest BCUT2D eigenvalue weighted by Gasteiger charge is -2.21. The van der Waals surface area contributed by atoms with Gasteiger partial charge >= 0.3 is 0 Å². The molecule has 1 aliphatic heterocycles. The Morgan fingerprint density at radius 3 is 2.52 bits per heavy atom. The second-order valence-corrected chi connectivity index (χ2v) is 5.26. The highest BCUT2D eigenvalue weighted by Crippen LogP contribution is 2.16. The minimum atomic E-state index is 0.383. The van der Waals surface area contributed by atoms with Gasteiger partial charge in [-0.05, 0) is 40.3 Å². The van der Waals surface area contributed by atoms with Crippen LogP contribution in [-0.4, -0.2) is 59.1 Å². The van der Waals surface area contributed by atoms with Crippen LogP contribution < -0.4 is 21.5 Å². The van der Waals surface area contributed by atoms with E-state index in [0.29, 0.717) is 23.9 Å². The lowest BCUT2D eigenvalue weighted by molar-refractivity contribution is 0.322. The molecule has 0 bridgehead atoms. The fourth-order valence-corrected chi connectivity index (χ4v) is 2.60. The molecule has 21 heavy (non-hydrogen) atoms. The highest BCUT2D eigenvalue weighted by molar-refractivity contribution is 5.43. The Balaban J connectivity index is 2.08. The average molecular weight is 294 g/mol. The maximum atomic E-state index is 5.45. The Morgan fingerprint density at radius 1 is 1.24 bits per heavy atom. The first-order valence-electron chi connectivity index (χ1n) is 7.59. The van der Waals surface area contributed by atoms with Crippen molar-refractivity contribution in [2.75, 3.05) is 48.9 Å². The minimum absolute atomic E-state index is 0.383. The van der Waals surface area contributed by atoms with E-state index in [1.54, 1.807) is 0 Å². The zero-order chi connectivity index (χ0) is 15.2. The molecule has 0 aromatic carbocycles. The van der Waals surface area contributed by atoms with E-state index in [2.05, 4.69) is 56.4 Å². The van der Waals surface area contributed by atoms with Gasteiger partial charge in [0.15, 0.2) is 0 Å². The highest BCUT2D eigenvalue weighted by atomic mass is 15.4. The van der Waals surface area contributed by atoms with Crippen LogP contribution in [0.25, 0.3) is 0 Å². The van der Waals surface area contributed by atoms with Gasteiger partial charge in [-0.2, -0.15) is 15.0 Å². The predicted molar refractivity (Wildman–Crippen MR) is 85.3 cm³/mol. The third-order valence-corrected chi connectivity index (χ3v) is 3.97. The summed E-state index contributed by atoms with van der Waals surface area (Å²) in [6.07, 6.45) is 2.46. The van der Waals surface area contributed by atoms with Crippen LogP contribution in [0.1, 0.15) is 26.7 Å². The molecule has 1 aromatic heterocycles. The number of rotatable bonds is 7. The van der Waals surface area contributed by atoms with Gasteiger partial charge in [-0.15, -0.1) is 0 Å². The Labute approximate surface area is 126 Å². The van der Waals surface area contributed by atoms with Crippen molar-refractivity contribution < 1.29 is 0 Å². The van der Waals surface area contributed by atoms with Crippen LogP contribution in [0.3, 0.4) is 0 Å². The minimum Gasteiger partial charge on any atom is -0.352 e. The van der Waals surface area contributed by atoms with Gasteiger partial charge in [-0.3, -0.25) is 5.43 Å². The predicted octanol–water partition coefficient (Wildman–Crippen LogP) is 0.510. The van der Waals surface area contributed by atoms with Gasteiger partial charge in [-0.1, -0.05) is 0 Å². The zero-order valence-corrected chi connectivity index (χ0v) is 13.1. The number of likely N-dealkylation sites (N-methyl/N-ethyl adjacent to an activating group) is 1. The summed E-state index contributed by atoms with van der Waals surface area (Å²) in [5.74, 6) is 7.05. The summed E-state index contributed by atoms with van der Waals surface area (Å²) in [6.45, 7) is 7.82. The smallest absolute Gasteiger partial charge is 0.243 e. The number of hydrazine groups is 1. The van der Waals surface area contributed by atoms with Gasteiger partial charge < -0.3 is 15.1 Å². The molecular weight excluding hydrogens is 268 g/mol. The number of nitrogens with zero attached hydrogens (tertiary/aromatic N) is 5. The standard InChI is InChI=1S/C13H26N8/c1-4-21(5-2)13-17-11(16-12(18-13)19-14)15-9-10-7-6-8-20(10)3/h10H,4-9,14H2,1-3H3,(H2,15,16,17,18,19). The molecule has 2 rings (SSSR count). The van der Waals surface area contributed by atoms with Crippen LogP contribution >= 0.6 is 0 Å². The van der Waals surface area contributed by atoms with E-state index in [9.17, 15) is 0 Å². The van der Waals surface area contributed by atoms with Gasteiger partial charge in [0.2, 0.25) is 17.8 Å². The topological polar surface area (TPSA) is 95.2 Å². The molecule has 0 aliphatic carbocycles. The van der Waals surface area contributed by atoms with Gasteiger partial charge in [0.05, 0.1) is 0 Å². The fourth-order valence-electron chi connectivity index (χ4n) is 2.60. The normalized spacial score (nSPS) is 18.8. The van der Waals surface area contributed by atoms with Crippen LogP contribution in [0.2, 0.25) is 0 Å². The first kappa shape index (κ1) is 15.7. The van der Waals surface area contributed by atoms with Crippen LogP contribution in [0.5, 0.6) is 0 Å². The lowest BCUT2D eigenvalue weighted by atomic mass is 10.2. The summed E-state index contributed by atoms with van der Waals surface area (Å²) in [7, 11) is 2.15. The maximum absolute atomic E-state index is 5.45. The monoisotopic (exact) mass is 294 g/mol. The van der Waals surface area contributed by atoms with Crippen molar-refractivity contribution >= 4 is 17.8 Å². The molecule has 0 saturated carbocycles. The molecule has 1 atom stereocenters. The molecule has 1 saturated heterocycles. The number of aromatic nitrogens is 3. The Bertz CT molecular complexity index is 448. The average Bonchev–Trinajstić information content (AvgIpc) is 2.91. The molecule has 1 aliphatic rings. The number of likely N-dealkylation sites (tertiary alicyclic amines) is 1. The molecule has 1 aromatic rings. The van der Waals surface area contributed by atoms with Crippen molar-refractivity contribution in [2.24, 2.45) is 5.84 Å². The molecule has 0 spiro atoms. The molecule has 2 heterocycles. The number of hydrogen-bond acceptors (Lipinski definition) is 8. The number of nitrogens with two attached hydrogens (primary N) is 1. The number of hydrogen-bond donors (Lipinski definition) is 3. The van der Waals surface area contributed by atoms with Crippen molar-refractivity contribution in [3.63, 3.8) is 0 Å². The second kappa shape index (κ2) is 7.37. The van der Waals surface area contributed by atoms with Gasteiger partial charge in [0, 0.05) is 25.7 Å². The number of nitrogens with one attached hydrogen (secondary N) is 2. The Kier molecular flexibility index (Phi) is 5.51. The largest absolute Gasteiger partial charge is 0.352 e. The third kappa shape index (κ3) is 3.92. The van der Waals surface area contributed by atoms with E-state index in [1.807, 2.05) is 0 Å². The zero-order valence-electron chi connectivity index (χ0n) is 13.1. The molecule has 8 heteroatoms. The second-order valence-electron chi connectivity index (χ2n) is 5.26. The summed E-state index contributed by atoms with van der Waals surface area (Å²) in [4.78, 5) is 17.5. The Morgan fingerprint density at radius 2 is 1.95 bits per heavy atom.